The van der Waals surface area contributed by atoms with Gasteiger partial charge < -0.3 is 16.0 Å². The molecule has 1 aromatic carbocycles. The van der Waals surface area contributed by atoms with Crippen LogP contribution < -0.4 is 16.0 Å². The lowest BCUT2D eigenvalue weighted by molar-refractivity contribution is -0.115. The summed E-state index contributed by atoms with van der Waals surface area (Å²) in [4.78, 5) is 28.1. The van der Waals surface area contributed by atoms with Crippen molar-refractivity contribution in [2.75, 3.05) is 11.9 Å². The smallest absolute Gasteiger partial charge is 0.315 e. The predicted molar refractivity (Wildman–Crippen MR) is 82.1 cm³/mol. The lowest BCUT2D eigenvalue weighted by Crippen LogP contribution is -2.39. The van der Waals surface area contributed by atoms with Gasteiger partial charge in [0.1, 0.15) is 5.82 Å². The maximum Gasteiger partial charge on any atom is 0.315 e. The van der Waals surface area contributed by atoms with Crippen LogP contribution in [0.1, 0.15) is 10.4 Å². The Labute approximate surface area is 130 Å². The van der Waals surface area contributed by atoms with E-state index in [0.29, 0.717) is 5.13 Å². The zero-order valence-corrected chi connectivity index (χ0v) is 12.7. The number of carbonyl (C=O) groups is 2. The molecule has 22 heavy (non-hydrogen) atoms. The third-order valence-electron chi connectivity index (χ3n) is 2.64. The van der Waals surface area contributed by atoms with Crippen LogP contribution in [0.15, 0.2) is 30.5 Å². The number of carbonyl (C=O) groups excluding carboxylic acids is 2. The van der Waals surface area contributed by atoms with Crippen LogP contribution in [0.5, 0.6) is 0 Å². The van der Waals surface area contributed by atoms with Gasteiger partial charge in [-0.15, -0.1) is 11.3 Å². The lowest BCUT2D eigenvalue weighted by Gasteiger charge is -2.07. The Morgan fingerprint density at radius 2 is 1.95 bits per heavy atom. The molecule has 0 bridgehead atoms. The van der Waals surface area contributed by atoms with Gasteiger partial charge in [-0.1, -0.05) is 12.1 Å². The third kappa shape index (κ3) is 5.13. The number of amides is 3. The fourth-order valence-corrected chi connectivity index (χ4v) is 2.26. The average molecular weight is 322 g/mol. The summed E-state index contributed by atoms with van der Waals surface area (Å²) in [6.45, 7) is 1.97. The second kappa shape index (κ2) is 7.51. The molecule has 0 aliphatic rings. The predicted octanol–water partition coefficient (Wildman–Crippen LogP) is 2.03. The first-order chi connectivity index (χ1) is 10.5. The third-order valence-corrected chi connectivity index (χ3v) is 3.47. The molecule has 3 amide bonds. The van der Waals surface area contributed by atoms with Gasteiger partial charge >= 0.3 is 6.03 Å². The SMILES string of the molecule is Cc1cnc(NC(=O)CNC(=O)NCc2ccc(F)cc2)s1. The summed E-state index contributed by atoms with van der Waals surface area (Å²) < 4.78 is 12.7. The fourth-order valence-electron chi connectivity index (χ4n) is 1.58. The van der Waals surface area contributed by atoms with E-state index >= 15 is 0 Å². The number of thiazole rings is 1. The van der Waals surface area contributed by atoms with Gasteiger partial charge in [-0.2, -0.15) is 0 Å². The van der Waals surface area contributed by atoms with Crippen molar-refractivity contribution in [2.45, 2.75) is 13.5 Å². The van der Waals surface area contributed by atoms with Gasteiger partial charge in [0.25, 0.3) is 0 Å². The summed E-state index contributed by atoms with van der Waals surface area (Å²) in [6, 6.07) is 5.31. The summed E-state index contributed by atoms with van der Waals surface area (Å²) >= 11 is 1.36. The number of hydrogen-bond acceptors (Lipinski definition) is 4. The largest absolute Gasteiger partial charge is 0.334 e. The Hall–Kier alpha value is -2.48. The number of urea groups is 1. The lowest BCUT2D eigenvalue weighted by atomic mass is 10.2. The summed E-state index contributed by atoms with van der Waals surface area (Å²) in [5.74, 6) is -0.687. The van der Waals surface area contributed by atoms with Crippen LogP contribution in [0.3, 0.4) is 0 Å². The van der Waals surface area contributed by atoms with E-state index in [9.17, 15) is 14.0 Å². The highest BCUT2D eigenvalue weighted by Gasteiger charge is 2.07. The molecule has 6 nitrogen and oxygen atoms in total. The van der Waals surface area contributed by atoms with Crippen LogP contribution in [-0.4, -0.2) is 23.5 Å². The monoisotopic (exact) mass is 322 g/mol. The van der Waals surface area contributed by atoms with E-state index in [1.54, 1.807) is 18.3 Å². The van der Waals surface area contributed by atoms with E-state index in [1.807, 2.05) is 6.92 Å². The first kappa shape index (κ1) is 15.9. The number of nitrogens with zero attached hydrogens (tertiary/aromatic N) is 1. The molecule has 8 heteroatoms. The second-order valence-electron chi connectivity index (χ2n) is 4.49. The molecule has 0 aliphatic carbocycles. The highest BCUT2D eigenvalue weighted by Crippen LogP contribution is 2.15. The van der Waals surface area contributed by atoms with Gasteiger partial charge in [0.05, 0.1) is 6.54 Å². The molecule has 0 saturated heterocycles. The van der Waals surface area contributed by atoms with Crippen molar-refractivity contribution in [1.29, 1.82) is 0 Å². The number of aromatic nitrogens is 1. The molecule has 1 aromatic heterocycles. The maximum atomic E-state index is 12.7. The van der Waals surface area contributed by atoms with E-state index in [-0.39, 0.29) is 24.8 Å². The molecule has 0 radical (unpaired) electrons. The Morgan fingerprint density at radius 1 is 1.23 bits per heavy atom. The number of anilines is 1. The van der Waals surface area contributed by atoms with Gasteiger partial charge in [-0.25, -0.2) is 14.2 Å². The standard InChI is InChI=1S/C14H15FN4O2S/c1-9-6-18-14(22-9)19-12(20)8-17-13(21)16-7-10-2-4-11(15)5-3-10/h2-6H,7-8H2,1H3,(H2,16,17,21)(H,18,19,20). The van der Waals surface area contributed by atoms with Crippen molar-refractivity contribution < 1.29 is 14.0 Å². The Balaban J connectivity index is 1.68. The number of halogens is 1. The molecular formula is C14H15FN4O2S. The summed E-state index contributed by atoms with van der Waals surface area (Å²) in [5, 5.41) is 8.09. The van der Waals surface area contributed by atoms with Crippen molar-refractivity contribution in [3.8, 4) is 0 Å². The van der Waals surface area contributed by atoms with Crippen LogP contribution in [0.4, 0.5) is 14.3 Å². The Kier molecular flexibility index (Phi) is 5.42. The van der Waals surface area contributed by atoms with Gasteiger partial charge in [-0.05, 0) is 24.6 Å². The van der Waals surface area contributed by atoms with E-state index in [2.05, 4.69) is 20.9 Å². The molecule has 2 aromatic rings. The zero-order chi connectivity index (χ0) is 15.9. The van der Waals surface area contributed by atoms with E-state index < -0.39 is 6.03 Å². The van der Waals surface area contributed by atoms with Crippen LogP contribution in [0, 0.1) is 12.7 Å². The molecule has 0 spiro atoms. The van der Waals surface area contributed by atoms with Gasteiger partial charge in [0.2, 0.25) is 5.91 Å². The van der Waals surface area contributed by atoms with Crippen LogP contribution in [-0.2, 0) is 11.3 Å². The molecule has 0 saturated carbocycles. The highest BCUT2D eigenvalue weighted by molar-refractivity contribution is 7.15. The fraction of sp³-hybridized carbons (Fsp3) is 0.214. The molecule has 0 aliphatic heterocycles. The van der Waals surface area contributed by atoms with E-state index in [0.717, 1.165) is 10.4 Å². The van der Waals surface area contributed by atoms with Crippen LogP contribution in [0.25, 0.3) is 0 Å². The molecule has 1 heterocycles. The second-order valence-corrected chi connectivity index (χ2v) is 5.72. The molecular weight excluding hydrogens is 307 g/mol. The van der Waals surface area contributed by atoms with Gasteiger partial charge in [-0.3, -0.25) is 4.79 Å². The molecule has 0 unspecified atom stereocenters. The number of rotatable bonds is 5. The number of nitrogens with one attached hydrogen (secondary N) is 3. The maximum absolute atomic E-state index is 12.7. The summed E-state index contributed by atoms with van der Waals surface area (Å²) in [6.07, 6.45) is 1.66. The van der Waals surface area contributed by atoms with Gasteiger partial charge in [0.15, 0.2) is 5.13 Å². The Morgan fingerprint density at radius 3 is 2.59 bits per heavy atom. The quantitative estimate of drug-likeness (QED) is 0.787. The molecule has 0 fully saturated rings. The minimum Gasteiger partial charge on any atom is -0.334 e. The minimum atomic E-state index is -0.477. The Bertz CT molecular complexity index is 657. The topological polar surface area (TPSA) is 83.1 Å². The van der Waals surface area contributed by atoms with Crippen LogP contribution >= 0.6 is 11.3 Å². The number of benzene rings is 1. The minimum absolute atomic E-state index is 0.159. The average Bonchev–Trinajstić information content (AvgIpc) is 2.89. The highest BCUT2D eigenvalue weighted by atomic mass is 32.1. The summed E-state index contributed by atoms with van der Waals surface area (Å²) in [5.41, 5.74) is 0.763. The zero-order valence-electron chi connectivity index (χ0n) is 11.9. The number of aryl methyl sites for hydroxylation is 1. The first-order valence-corrected chi connectivity index (χ1v) is 7.33. The normalized spacial score (nSPS) is 10.1. The molecule has 0 atom stereocenters. The molecule has 116 valence electrons. The van der Waals surface area contributed by atoms with Crippen LogP contribution in [0.2, 0.25) is 0 Å². The van der Waals surface area contributed by atoms with E-state index in [4.69, 9.17) is 0 Å². The van der Waals surface area contributed by atoms with Gasteiger partial charge in [0, 0.05) is 17.6 Å². The first-order valence-electron chi connectivity index (χ1n) is 6.51. The molecule has 2 rings (SSSR count). The van der Waals surface area contributed by atoms with Crippen molar-refractivity contribution >= 4 is 28.4 Å². The summed E-state index contributed by atoms with van der Waals surface area (Å²) in [7, 11) is 0. The van der Waals surface area contributed by atoms with Crippen molar-refractivity contribution in [1.82, 2.24) is 15.6 Å². The number of hydrogen-bond donors (Lipinski definition) is 3. The van der Waals surface area contributed by atoms with Crippen molar-refractivity contribution in [3.05, 3.63) is 46.7 Å². The van der Waals surface area contributed by atoms with E-state index in [1.165, 1.54) is 23.5 Å². The van der Waals surface area contributed by atoms with Crippen molar-refractivity contribution in [3.63, 3.8) is 0 Å². The van der Waals surface area contributed by atoms with Crippen molar-refractivity contribution in [2.24, 2.45) is 0 Å². The molecule has 3 N–H and O–H groups in total.